The fraction of sp³-hybridized carbons (Fsp3) is 0.396. The van der Waals surface area contributed by atoms with Gasteiger partial charge in [-0.2, -0.15) is 0 Å². The third kappa shape index (κ3) is 14.0. The fourth-order valence-corrected chi connectivity index (χ4v) is 7.51. The molecule has 12 nitrogen and oxygen atoms in total. The van der Waals surface area contributed by atoms with Crippen molar-refractivity contribution in [3.8, 4) is 0 Å². The summed E-state index contributed by atoms with van der Waals surface area (Å²) in [5.74, 6) is -2.01. The largest absolute Gasteiger partial charge is 0.481 e. The second kappa shape index (κ2) is 21.0. The van der Waals surface area contributed by atoms with Crippen molar-refractivity contribution in [2.24, 2.45) is 11.8 Å². The van der Waals surface area contributed by atoms with Crippen molar-refractivity contribution in [1.29, 1.82) is 0 Å². The van der Waals surface area contributed by atoms with E-state index in [0.717, 1.165) is 33.8 Å². The summed E-state index contributed by atoms with van der Waals surface area (Å²) in [4.78, 5) is 85.8. The summed E-state index contributed by atoms with van der Waals surface area (Å²) < 4.78 is 13.4. The summed E-state index contributed by atoms with van der Waals surface area (Å²) in [6.07, 6.45) is 1.07. The summed E-state index contributed by atoms with van der Waals surface area (Å²) >= 11 is 0. The van der Waals surface area contributed by atoms with Gasteiger partial charge in [-0.1, -0.05) is 94.4 Å². The van der Waals surface area contributed by atoms with Crippen LogP contribution in [0.15, 0.2) is 97.2 Å². The van der Waals surface area contributed by atoms with Crippen LogP contribution < -0.4 is 9.80 Å². The van der Waals surface area contributed by atoms with Crippen molar-refractivity contribution in [2.75, 3.05) is 9.80 Å². The van der Waals surface area contributed by atoms with E-state index in [-0.39, 0.29) is 41.8 Å². The maximum Gasteiger partial charge on any atom is 0.421 e. The number of aromatic nitrogens is 1. The first-order valence-electron chi connectivity index (χ1n) is 22.2. The highest BCUT2D eigenvalue weighted by molar-refractivity contribution is 6.20. The number of carboxylic acid groups (broad SMARTS) is 1. The summed E-state index contributed by atoms with van der Waals surface area (Å²) in [6, 6.07) is 26.4. The zero-order chi connectivity index (χ0) is 47.8. The fourth-order valence-electron chi connectivity index (χ4n) is 7.51. The molecule has 1 N–H and O–H groups in total. The quantitative estimate of drug-likeness (QED) is 0.0954. The molecule has 4 aromatic carbocycles. The van der Waals surface area contributed by atoms with Gasteiger partial charge in [0.15, 0.2) is 5.78 Å². The van der Waals surface area contributed by atoms with E-state index in [9.17, 15) is 33.9 Å². The highest BCUT2D eigenvalue weighted by Gasteiger charge is 2.34. The molecule has 0 saturated heterocycles. The van der Waals surface area contributed by atoms with Gasteiger partial charge in [-0.3, -0.25) is 19.2 Å². The van der Waals surface area contributed by atoms with Crippen molar-refractivity contribution < 1.29 is 43.3 Å². The average molecular weight is 886 g/mol. The number of imide groups is 2. The highest BCUT2D eigenvalue weighted by Crippen LogP contribution is 2.33. The normalized spacial score (nSPS) is 11.8. The number of ketones is 1. The second-order valence-corrected chi connectivity index (χ2v) is 19.4. The molecule has 1 heterocycles. The predicted molar refractivity (Wildman–Crippen MR) is 253 cm³/mol. The Labute approximate surface area is 382 Å². The van der Waals surface area contributed by atoms with Crippen molar-refractivity contribution in [1.82, 2.24) is 4.57 Å². The summed E-state index contributed by atoms with van der Waals surface area (Å²) in [5, 5.41) is 9.90. The topological polar surface area (TPSA) is 153 Å². The number of carbonyl (C=O) groups is 6. The van der Waals surface area contributed by atoms with Gasteiger partial charge in [-0.15, -0.1) is 0 Å². The van der Waals surface area contributed by atoms with Gasteiger partial charge in [-0.05, 0) is 119 Å². The van der Waals surface area contributed by atoms with Gasteiger partial charge in [0.25, 0.3) is 0 Å². The van der Waals surface area contributed by atoms with Gasteiger partial charge in [0.2, 0.25) is 11.8 Å². The number of hydrogen-bond donors (Lipinski definition) is 1. The van der Waals surface area contributed by atoms with E-state index in [1.54, 1.807) is 59.9 Å². The molecule has 1 aromatic heterocycles. The first-order chi connectivity index (χ1) is 30.5. The number of ether oxygens (including phenoxy) is 2. The molecule has 12 heteroatoms. The third-order valence-corrected chi connectivity index (χ3v) is 10.2. The lowest BCUT2D eigenvalue weighted by Gasteiger charge is -2.29. The molecule has 0 spiro atoms. The Morgan fingerprint density at radius 3 is 1.46 bits per heavy atom. The van der Waals surface area contributed by atoms with E-state index in [1.165, 1.54) is 18.2 Å². The van der Waals surface area contributed by atoms with E-state index in [4.69, 9.17) is 9.47 Å². The molecule has 0 fully saturated rings. The van der Waals surface area contributed by atoms with Crippen LogP contribution in [0.25, 0.3) is 10.9 Å². The summed E-state index contributed by atoms with van der Waals surface area (Å²) in [5.41, 5.74) is 2.00. The van der Waals surface area contributed by atoms with Crippen molar-refractivity contribution in [3.63, 3.8) is 0 Å². The van der Waals surface area contributed by atoms with Gasteiger partial charge in [0.05, 0.1) is 24.2 Å². The van der Waals surface area contributed by atoms with E-state index in [1.807, 2.05) is 65.2 Å². The van der Waals surface area contributed by atoms with Crippen LogP contribution in [-0.4, -0.2) is 56.6 Å². The second-order valence-electron chi connectivity index (χ2n) is 19.4. The minimum atomic E-state index is -1.05. The van der Waals surface area contributed by atoms with Crippen molar-refractivity contribution in [3.05, 3.63) is 131 Å². The molecule has 5 aromatic rings. The monoisotopic (exact) mass is 885 g/mol. The standard InChI is InChI=1S/C53H63N3O9/c1-34(2)26-36-17-21-38(22-18-36)28-46(57)55(50(62)64-52(5,6)7)41-30-40(49(61)44-33-54(25-13-16-48(59)60)45-15-12-11-14-43(44)45)31-42(32-41)56(51(63)65-53(8,9)10)47(58)29-39-23-19-37(20-24-39)27-35(3)4/h11-12,14-15,17-24,30-35H,13,16,25-29H2,1-10H3,(H,59,60). The smallest absolute Gasteiger partial charge is 0.421 e. The molecule has 0 atom stereocenters. The van der Waals surface area contributed by atoms with Crippen LogP contribution in [0.1, 0.15) is 120 Å². The van der Waals surface area contributed by atoms with E-state index >= 15 is 0 Å². The number of amides is 4. The number of rotatable bonds is 16. The third-order valence-electron chi connectivity index (χ3n) is 10.2. The van der Waals surface area contributed by atoms with Crippen LogP contribution in [0.5, 0.6) is 0 Å². The Kier molecular flexibility index (Phi) is 15.9. The van der Waals surface area contributed by atoms with Gasteiger partial charge < -0.3 is 19.1 Å². The first kappa shape index (κ1) is 49.5. The SMILES string of the molecule is CC(C)Cc1ccc(CC(=O)N(C(=O)OC(C)(C)C)c2cc(C(=O)c3cn(CCCC(=O)O)c4ccccc34)cc(N(C(=O)Cc3ccc(CC(C)C)cc3)C(=O)OC(C)(C)C)c2)cc1. The molecule has 0 unspecified atom stereocenters. The lowest BCUT2D eigenvalue weighted by atomic mass is 9.99. The van der Waals surface area contributed by atoms with Crippen LogP contribution >= 0.6 is 0 Å². The van der Waals surface area contributed by atoms with Crippen molar-refractivity contribution in [2.45, 2.75) is 126 Å². The number of para-hydroxylation sites is 1. The number of fused-ring (bicyclic) bond motifs is 1. The van der Waals surface area contributed by atoms with Gasteiger partial charge in [0, 0.05) is 41.2 Å². The molecule has 0 aliphatic heterocycles. The Balaban J connectivity index is 1.71. The van der Waals surface area contributed by atoms with E-state index < -0.39 is 47.0 Å². The Bertz CT molecular complexity index is 2400. The summed E-state index contributed by atoms with van der Waals surface area (Å²) in [6.45, 7) is 18.8. The molecule has 5 rings (SSSR count). The van der Waals surface area contributed by atoms with Gasteiger partial charge >= 0.3 is 18.2 Å². The maximum atomic E-state index is 15.0. The minimum absolute atomic E-state index is 0.0512. The maximum absolute atomic E-state index is 15.0. The Morgan fingerprint density at radius 1 is 0.615 bits per heavy atom. The molecule has 0 aliphatic rings. The molecular formula is C53H63N3O9. The summed E-state index contributed by atoms with van der Waals surface area (Å²) in [7, 11) is 0. The Morgan fingerprint density at radius 2 is 1.05 bits per heavy atom. The number of hydrogen-bond acceptors (Lipinski definition) is 8. The zero-order valence-corrected chi connectivity index (χ0v) is 39.4. The molecule has 344 valence electrons. The number of carboxylic acids is 1. The number of carbonyl (C=O) groups excluding carboxylic acids is 5. The molecule has 0 bridgehead atoms. The number of aliphatic carboxylic acids is 1. The predicted octanol–water partition coefficient (Wildman–Crippen LogP) is 11.2. The number of aryl methyl sites for hydroxylation is 1. The minimum Gasteiger partial charge on any atom is -0.481 e. The van der Waals surface area contributed by atoms with Gasteiger partial charge in [0.1, 0.15) is 11.2 Å². The van der Waals surface area contributed by atoms with Crippen LogP contribution in [0.3, 0.4) is 0 Å². The van der Waals surface area contributed by atoms with Crippen LogP contribution in [0.4, 0.5) is 21.0 Å². The molecule has 0 saturated carbocycles. The van der Waals surface area contributed by atoms with Crippen LogP contribution in [-0.2, 0) is 56.1 Å². The van der Waals surface area contributed by atoms with E-state index in [2.05, 4.69) is 27.7 Å². The van der Waals surface area contributed by atoms with Crippen LogP contribution in [0.2, 0.25) is 0 Å². The molecule has 4 amide bonds. The highest BCUT2D eigenvalue weighted by atomic mass is 16.6. The molecular weight excluding hydrogens is 823 g/mol. The average Bonchev–Trinajstić information content (AvgIpc) is 3.55. The number of nitrogens with zero attached hydrogens (tertiary/aromatic N) is 3. The lowest BCUT2D eigenvalue weighted by molar-refractivity contribution is -0.137. The Hall–Kier alpha value is -6.56. The zero-order valence-electron chi connectivity index (χ0n) is 39.4. The number of anilines is 2. The van der Waals surface area contributed by atoms with Crippen molar-refractivity contribution >= 4 is 58.0 Å². The molecule has 65 heavy (non-hydrogen) atoms. The lowest BCUT2D eigenvalue weighted by Crippen LogP contribution is -2.43. The molecule has 0 radical (unpaired) electrons. The number of benzene rings is 4. The van der Waals surface area contributed by atoms with Crippen LogP contribution in [0, 0.1) is 11.8 Å². The molecule has 0 aliphatic carbocycles. The van der Waals surface area contributed by atoms with E-state index in [0.29, 0.717) is 46.8 Å². The first-order valence-corrected chi connectivity index (χ1v) is 22.2. The van der Waals surface area contributed by atoms with Gasteiger partial charge in [-0.25, -0.2) is 19.4 Å².